The van der Waals surface area contributed by atoms with Crippen molar-refractivity contribution >= 4 is 11.7 Å². The average Bonchev–Trinajstić information content (AvgIpc) is 2.43. The highest BCUT2D eigenvalue weighted by Gasteiger charge is 2.31. The van der Waals surface area contributed by atoms with Gasteiger partial charge in [0.2, 0.25) is 0 Å². The lowest BCUT2D eigenvalue weighted by Gasteiger charge is -2.41. The molecule has 0 aromatic heterocycles. The second kappa shape index (κ2) is 6.48. The van der Waals surface area contributed by atoms with Crippen molar-refractivity contribution < 1.29 is 4.79 Å². The Morgan fingerprint density at radius 2 is 2.10 bits per heavy atom. The van der Waals surface area contributed by atoms with Gasteiger partial charge in [0, 0.05) is 24.3 Å². The summed E-state index contributed by atoms with van der Waals surface area (Å²) in [5.41, 5.74) is 7.73. The Labute approximate surface area is 127 Å². The van der Waals surface area contributed by atoms with Gasteiger partial charge in [-0.15, -0.1) is 0 Å². The van der Waals surface area contributed by atoms with Crippen LogP contribution in [-0.4, -0.2) is 23.5 Å². The molecule has 4 nitrogen and oxygen atoms in total. The zero-order valence-electron chi connectivity index (χ0n) is 13.5. The number of nitrogens with one attached hydrogen (secondary N) is 1. The van der Waals surface area contributed by atoms with Gasteiger partial charge in [0.25, 0.3) is 0 Å². The molecule has 0 bridgehead atoms. The molecular formula is C17H27N3O. The lowest BCUT2D eigenvalue weighted by molar-refractivity contribution is 0.110. The van der Waals surface area contributed by atoms with Crippen molar-refractivity contribution in [1.82, 2.24) is 4.90 Å². The van der Waals surface area contributed by atoms with E-state index in [0.717, 1.165) is 17.8 Å². The molecule has 2 amide bonds. The summed E-state index contributed by atoms with van der Waals surface area (Å²) >= 11 is 0. The van der Waals surface area contributed by atoms with Crippen LogP contribution in [0.25, 0.3) is 0 Å². The third kappa shape index (κ3) is 3.76. The summed E-state index contributed by atoms with van der Waals surface area (Å²) in [6, 6.07) is 8.00. The van der Waals surface area contributed by atoms with E-state index in [4.69, 9.17) is 5.73 Å². The molecule has 21 heavy (non-hydrogen) atoms. The number of nitrogens with two attached hydrogens (primary N) is 1. The van der Waals surface area contributed by atoms with Crippen LogP contribution in [0, 0.1) is 11.8 Å². The Morgan fingerprint density at radius 1 is 1.38 bits per heavy atom. The topological polar surface area (TPSA) is 58.4 Å². The molecule has 0 spiro atoms. The van der Waals surface area contributed by atoms with Gasteiger partial charge in [-0.1, -0.05) is 26.0 Å². The number of amides is 2. The number of hydrogen-bond donors (Lipinski definition) is 2. The molecular weight excluding hydrogens is 262 g/mol. The van der Waals surface area contributed by atoms with Crippen LogP contribution in [0.5, 0.6) is 0 Å². The van der Waals surface area contributed by atoms with Crippen LogP contribution in [0.2, 0.25) is 0 Å². The molecule has 2 rings (SSSR count). The van der Waals surface area contributed by atoms with Gasteiger partial charge in [-0.05, 0) is 49.8 Å². The van der Waals surface area contributed by atoms with E-state index in [2.05, 4.69) is 26.1 Å². The Hall–Kier alpha value is -1.55. The standard InChI is InChI=1S/C17H27N3O/c1-11-8-12(2)14(4)20(10-11)17(21)19-16-7-5-6-15(9-16)13(3)18/h5-7,9,11-14H,8,10,18H2,1-4H3,(H,19,21). The molecule has 116 valence electrons. The largest absolute Gasteiger partial charge is 0.324 e. The maximum Gasteiger partial charge on any atom is 0.322 e. The third-order valence-electron chi connectivity index (χ3n) is 4.52. The molecule has 0 radical (unpaired) electrons. The van der Waals surface area contributed by atoms with Crippen molar-refractivity contribution in [2.24, 2.45) is 17.6 Å². The molecule has 1 aromatic carbocycles. The number of carbonyl (C=O) groups is 1. The first-order chi connectivity index (χ1) is 9.88. The van der Waals surface area contributed by atoms with Gasteiger partial charge in [-0.25, -0.2) is 4.79 Å². The summed E-state index contributed by atoms with van der Waals surface area (Å²) in [4.78, 5) is 14.5. The van der Waals surface area contributed by atoms with Gasteiger partial charge >= 0.3 is 6.03 Å². The molecule has 1 aliphatic heterocycles. The highest BCUT2D eigenvalue weighted by atomic mass is 16.2. The van der Waals surface area contributed by atoms with Gasteiger partial charge in [-0.2, -0.15) is 0 Å². The molecule has 4 heteroatoms. The molecule has 1 fully saturated rings. The van der Waals surface area contributed by atoms with Crippen molar-refractivity contribution in [2.75, 3.05) is 11.9 Å². The second-order valence-electron chi connectivity index (χ2n) is 6.56. The molecule has 1 aliphatic rings. The number of hydrogen-bond acceptors (Lipinski definition) is 2. The predicted octanol–water partition coefficient (Wildman–Crippen LogP) is 3.60. The minimum absolute atomic E-state index is 0.0114. The molecule has 3 N–H and O–H groups in total. The Morgan fingerprint density at radius 3 is 2.76 bits per heavy atom. The summed E-state index contributed by atoms with van der Waals surface area (Å²) in [7, 11) is 0. The van der Waals surface area contributed by atoms with Crippen LogP contribution < -0.4 is 11.1 Å². The zero-order chi connectivity index (χ0) is 15.6. The second-order valence-corrected chi connectivity index (χ2v) is 6.56. The van der Waals surface area contributed by atoms with Crippen LogP contribution in [0.3, 0.4) is 0 Å². The lowest BCUT2D eigenvalue weighted by Crippen LogP contribution is -2.50. The van der Waals surface area contributed by atoms with Crippen LogP contribution in [0.15, 0.2) is 24.3 Å². The fourth-order valence-corrected chi connectivity index (χ4v) is 3.08. The van der Waals surface area contributed by atoms with E-state index in [-0.39, 0.29) is 18.1 Å². The fourth-order valence-electron chi connectivity index (χ4n) is 3.08. The van der Waals surface area contributed by atoms with Gasteiger partial charge in [0.05, 0.1) is 0 Å². The van der Waals surface area contributed by atoms with Gasteiger partial charge in [-0.3, -0.25) is 0 Å². The lowest BCUT2D eigenvalue weighted by atomic mass is 9.86. The Bertz CT molecular complexity index is 501. The van der Waals surface area contributed by atoms with E-state index in [1.807, 2.05) is 36.1 Å². The fraction of sp³-hybridized carbons (Fsp3) is 0.588. The minimum atomic E-state index is -0.0317. The van der Waals surface area contributed by atoms with E-state index in [1.165, 1.54) is 6.42 Å². The first kappa shape index (κ1) is 15.8. The minimum Gasteiger partial charge on any atom is -0.324 e. The van der Waals surface area contributed by atoms with Crippen molar-refractivity contribution in [2.45, 2.75) is 46.2 Å². The molecule has 4 atom stereocenters. The third-order valence-corrected chi connectivity index (χ3v) is 4.52. The quantitative estimate of drug-likeness (QED) is 0.874. The van der Waals surface area contributed by atoms with Gasteiger partial charge < -0.3 is 16.0 Å². The number of carbonyl (C=O) groups excluding carboxylic acids is 1. The summed E-state index contributed by atoms with van der Waals surface area (Å²) in [6.07, 6.45) is 1.19. The predicted molar refractivity (Wildman–Crippen MR) is 87.2 cm³/mol. The molecule has 0 saturated carbocycles. The maximum absolute atomic E-state index is 12.5. The van der Waals surface area contributed by atoms with E-state index in [9.17, 15) is 4.79 Å². The number of urea groups is 1. The van der Waals surface area contributed by atoms with Crippen molar-refractivity contribution in [3.05, 3.63) is 29.8 Å². The number of anilines is 1. The normalized spacial score (nSPS) is 27.3. The number of piperidine rings is 1. The highest BCUT2D eigenvalue weighted by molar-refractivity contribution is 5.89. The summed E-state index contributed by atoms with van der Waals surface area (Å²) in [5, 5.41) is 3.01. The van der Waals surface area contributed by atoms with Gasteiger partial charge in [0.15, 0.2) is 0 Å². The average molecular weight is 289 g/mol. The number of benzene rings is 1. The van der Waals surface area contributed by atoms with E-state index in [0.29, 0.717) is 11.8 Å². The molecule has 1 aromatic rings. The van der Waals surface area contributed by atoms with E-state index >= 15 is 0 Å². The van der Waals surface area contributed by atoms with Crippen LogP contribution in [0.1, 0.15) is 45.7 Å². The molecule has 1 saturated heterocycles. The van der Waals surface area contributed by atoms with Crippen LogP contribution >= 0.6 is 0 Å². The summed E-state index contributed by atoms with van der Waals surface area (Å²) in [6.45, 7) is 9.33. The van der Waals surface area contributed by atoms with Crippen molar-refractivity contribution in [1.29, 1.82) is 0 Å². The highest BCUT2D eigenvalue weighted by Crippen LogP contribution is 2.27. The summed E-state index contributed by atoms with van der Waals surface area (Å²) < 4.78 is 0. The summed E-state index contributed by atoms with van der Waals surface area (Å²) in [5.74, 6) is 1.09. The number of rotatable bonds is 2. The van der Waals surface area contributed by atoms with E-state index in [1.54, 1.807) is 0 Å². The Balaban J connectivity index is 2.08. The first-order valence-electron chi connectivity index (χ1n) is 7.81. The smallest absolute Gasteiger partial charge is 0.322 e. The van der Waals surface area contributed by atoms with Crippen molar-refractivity contribution in [3.8, 4) is 0 Å². The number of likely N-dealkylation sites (tertiary alicyclic amines) is 1. The Kier molecular flexibility index (Phi) is 4.88. The van der Waals surface area contributed by atoms with Crippen molar-refractivity contribution in [3.63, 3.8) is 0 Å². The van der Waals surface area contributed by atoms with Gasteiger partial charge in [0.1, 0.15) is 0 Å². The SMILES string of the molecule is CC1CC(C)C(C)N(C(=O)Nc2cccc(C(C)N)c2)C1. The van der Waals surface area contributed by atoms with Crippen LogP contribution in [-0.2, 0) is 0 Å². The maximum atomic E-state index is 12.5. The number of nitrogens with zero attached hydrogens (tertiary/aromatic N) is 1. The monoisotopic (exact) mass is 289 g/mol. The zero-order valence-corrected chi connectivity index (χ0v) is 13.5. The molecule has 1 heterocycles. The van der Waals surface area contributed by atoms with Crippen LogP contribution in [0.4, 0.5) is 10.5 Å². The first-order valence-corrected chi connectivity index (χ1v) is 7.81. The van der Waals surface area contributed by atoms with E-state index < -0.39 is 0 Å². The molecule has 4 unspecified atom stereocenters. The molecule has 0 aliphatic carbocycles.